The summed E-state index contributed by atoms with van der Waals surface area (Å²) >= 11 is 1.16. The van der Waals surface area contributed by atoms with E-state index in [-0.39, 0.29) is 11.8 Å². The second-order valence-electron chi connectivity index (χ2n) is 8.35. The van der Waals surface area contributed by atoms with Crippen LogP contribution < -0.4 is 10.6 Å². The number of carbonyl (C=O) groups excluding carboxylic acids is 2. The van der Waals surface area contributed by atoms with Gasteiger partial charge in [-0.2, -0.15) is 0 Å². The van der Waals surface area contributed by atoms with Gasteiger partial charge in [0.25, 0.3) is 0 Å². The third-order valence-electron chi connectivity index (χ3n) is 4.34. The largest absolute Gasteiger partial charge is 0.480 e. The highest BCUT2D eigenvalue weighted by molar-refractivity contribution is 8.00. The van der Waals surface area contributed by atoms with Gasteiger partial charge in [-0.3, -0.25) is 14.4 Å². The second-order valence-corrected chi connectivity index (χ2v) is 9.56. The number of hydrogen-bond donors (Lipinski definition) is 3. The van der Waals surface area contributed by atoms with E-state index in [0.717, 1.165) is 16.7 Å². The molecule has 2 amide bonds. The fraction of sp³-hybridized carbons (Fsp3) is 0.571. The smallest absolute Gasteiger partial charge is 0.317 e. The molecule has 3 atom stereocenters. The van der Waals surface area contributed by atoms with Gasteiger partial charge in [-0.05, 0) is 29.9 Å². The maximum absolute atomic E-state index is 13.1. The molecule has 0 aliphatic carbocycles. The van der Waals surface area contributed by atoms with E-state index < -0.39 is 34.5 Å². The van der Waals surface area contributed by atoms with Gasteiger partial charge in [0.2, 0.25) is 11.8 Å². The molecule has 0 aromatic heterocycles. The van der Waals surface area contributed by atoms with Crippen LogP contribution >= 0.6 is 11.8 Å². The van der Waals surface area contributed by atoms with Crippen molar-refractivity contribution in [1.82, 2.24) is 10.6 Å². The highest BCUT2D eigenvalue weighted by Gasteiger charge is 2.39. The zero-order chi connectivity index (χ0) is 21.5. The van der Waals surface area contributed by atoms with E-state index in [1.54, 1.807) is 0 Å². The summed E-state index contributed by atoms with van der Waals surface area (Å²) in [6.07, 6.45) is 0.410. The first kappa shape index (κ1) is 24.0. The molecule has 0 aliphatic rings. The quantitative estimate of drug-likeness (QED) is 0.546. The second kappa shape index (κ2) is 10.5. The van der Waals surface area contributed by atoms with E-state index >= 15 is 0 Å². The zero-order valence-electron chi connectivity index (χ0n) is 17.5. The Morgan fingerprint density at radius 1 is 1.07 bits per heavy atom. The Morgan fingerprint density at radius 3 is 2.07 bits per heavy atom. The van der Waals surface area contributed by atoms with Crippen LogP contribution in [0, 0.1) is 17.3 Å². The molecule has 156 valence electrons. The topological polar surface area (TPSA) is 95.5 Å². The van der Waals surface area contributed by atoms with Crippen molar-refractivity contribution in [3.05, 3.63) is 30.3 Å². The van der Waals surface area contributed by atoms with Crippen LogP contribution in [0.2, 0.25) is 0 Å². The van der Waals surface area contributed by atoms with Gasteiger partial charge >= 0.3 is 5.97 Å². The van der Waals surface area contributed by atoms with Crippen LogP contribution in [-0.4, -0.2) is 41.2 Å². The molecule has 0 spiro atoms. The molecule has 28 heavy (non-hydrogen) atoms. The number of thioether (sulfide) groups is 1. The van der Waals surface area contributed by atoms with Crippen LogP contribution in [0.1, 0.15) is 41.0 Å². The average molecular weight is 409 g/mol. The number of carboxylic acid groups (broad SMARTS) is 1. The van der Waals surface area contributed by atoms with Crippen molar-refractivity contribution >= 4 is 29.5 Å². The molecule has 0 heterocycles. The molecular formula is C21H32N2O4S. The summed E-state index contributed by atoms with van der Waals surface area (Å²) < 4.78 is 0. The maximum atomic E-state index is 13.1. The molecule has 0 unspecified atom stereocenters. The molecule has 0 saturated carbocycles. The van der Waals surface area contributed by atoms with Crippen LogP contribution in [0.15, 0.2) is 35.2 Å². The first-order valence-corrected chi connectivity index (χ1v) is 10.3. The first-order valence-electron chi connectivity index (χ1n) is 9.43. The van der Waals surface area contributed by atoms with Crippen molar-refractivity contribution in [2.24, 2.45) is 17.3 Å². The van der Waals surface area contributed by atoms with Gasteiger partial charge in [-0.25, -0.2) is 0 Å². The van der Waals surface area contributed by atoms with Crippen LogP contribution in [0.5, 0.6) is 0 Å². The van der Waals surface area contributed by atoms with Crippen LogP contribution in [-0.2, 0) is 14.4 Å². The Balaban J connectivity index is 3.16. The van der Waals surface area contributed by atoms with E-state index in [0.29, 0.717) is 6.42 Å². The normalized spacial score (nSPS) is 14.8. The minimum absolute atomic E-state index is 0.127. The fourth-order valence-corrected chi connectivity index (χ4v) is 4.00. The van der Waals surface area contributed by atoms with Crippen molar-refractivity contribution in [1.29, 1.82) is 0 Å². The van der Waals surface area contributed by atoms with Gasteiger partial charge in [-0.1, -0.05) is 52.8 Å². The molecule has 1 rings (SSSR count). The molecule has 0 radical (unpaired) electrons. The molecule has 1 aromatic rings. The summed E-state index contributed by atoms with van der Waals surface area (Å²) in [6.45, 7) is 9.48. The van der Waals surface area contributed by atoms with E-state index in [2.05, 4.69) is 10.6 Å². The number of likely N-dealkylation sites (N-methyl/N-ethyl adjacent to an activating group) is 1. The Kier molecular flexibility index (Phi) is 9.01. The van der Waals surface area contributed by atoms with Crippen molar-refractivity contribution in [3.8, 4) is 0 Å². The van der Waals surface area contributed by atoms with E-state index in [4.69, 9.17) is 0 Å². The predicted octanol–water partition coefficient (Wildman–Crippen LogP) is 3.17. The summed E-state index contributed by atoms with van der Waals surface area (Å²) in [5, 5.41) is 14.3. The molecule has 6 nitrogen and oxygen atoms in total. The molecule has 1 aromatic carbocycles. The van der Waals surface area contributed by atoms with E-state index in [9.17, 15) is 19.5 Å². The summed E-state index contributed by atoms with van der Waals surface area (Å²) in [5.74, 6) is -2.39. The van der Waals surface area contributed by atoms with E-state index in [1.807, 2.05) is 65.0 Å². The standard InChI is InChI=1S/C21H32N2O4S/c1-13(2)12-15(16(20(26)27)28-14-10-8-7-9-11-14)18(24)23-17(19(25)22-6)21(3,4)5/h7-11,13,15-17H,12H2,1-6H3,(H,22,25)(H,23,24)(H,26,27)/t15-,16+,17-/m1/s1. The SMILES string of the molecule is CNC(=O)[C@@H](NC(=O)[C@H](CC(C)C)[C@H](Sc1ccccc1)C(=O)O)C(C)(C)C. The lowest BCUT2D eigenvalue weighted by atomic mass is 9.85. The molecule has 0 fully saturated rings. The fourth-order valence-electron chi connectivity index (χ4n) is 2.90. The highest BCUT2D eigenvalue weighted by atomic mass is 32.2. The number of rotatable bonds is 9. The molecule has 0 bridgehead atoms. The number of benzene rings is 1. The van der Waals surface area contributed by atoms with E-state index in [1.165, 1.54) is 7.05 Å². The summed E-state index contributed by atoms with van der Waals surface area (Å²) in [7, 11) is 1.52. The lowest BCUT2D eigenvalue weighted by molar-refractivity contribution is -0.141. The summed E-state index contributed by atoms with van der Waals surface area (Å²) in [4.78, 5) is 38.2. The number of aliphatic carboxylic acids is 1. The predicted molar refractivity (Wildman–Crippen MR) is 112 cm³/mol. The Labute approximate surface area is 171 Å². The highest BCUT2D eigenvalue weighted by Crippen LogP contribution is 2.32. The van der Waals surface area contributed by atoms with Gasteiger partial charge in [-0.15, -0.1) is 11.8 Å². The Bertz CT molecular complexity index is 671. The minimum atomic E-state index is -1.04. The number of nitrogens with one attached hydrogen (secondary N) is 2. The molecule has 0 aliphatic heterocycles. The zero-order valence-corrected chi connectivity index (χ0v) is 18.3. The molecule has 3 N–H and O–H groups in total. The Morgan fingerprint density at radius 2 is 1.64 bits per heavy atom. The summed E-state index contributed by atoms with van der Waals surface area (Å²) in [5.41, 5.74) is -0.510. The molecule has 0 saturated heterocycles. The van der Waals surface area contributed by atoms with Crippen LogP contribution in [0.3, 0.4) is 0 Å². The third kappa shape index (κ3) is 7.19. The number of hydrogen-bond acceptors (Lipinski definition) is 4. The Hall–Kier alpha value is -2.02. The lowest BCUT2D eigenvalue weighted by Gasteiger charge is -2.32. The van der Waals surface area contributed by atoms with Crippen LogP contribution in [0.25, 0.3) is 0 Å². The van der Waals surface area contributed by atoms with Gasteiger partial charge < -0.3 is 15.7 Å². The van der Waals surface area contributed by atoms with Gasteiger partial charge in [0.1, 0.15) is 11.3 Å². The average Bonchev–Trinajstić information content (AvgIpc) is 2.61. The first-order chi connectivity index (χ1) is 13.0. The minimum Gasteiger partial charge on any atom is -0.480 e. The number of carboxylic acids is 1. The van der Waals surface area contributed by atoms with Gasteiger partial charge in [0.15, 0.2) is 0 Å². The third-order valence-corrected chi connectivity index (χ3v) is 5.67. The molecular weight excluding hydrogens is 376 g/mol. The number of carbonyl (C=O) groups is 3. The van der Waals surface area contributed by atoms with Crippen molar-refractivity contribution < 1.29 is 19.5 Å². The maximum Gasteiger partial charge on any atom is 0.317 e. The summed E-state index contributed by atoms with van der Waals surface area (Å²) in [6, 6.07) is 8.42. The number of amides is 2. The van der Waals surface area contributed by atoms with Crippen molar-refractivity contribution in [3.63, 3.8) is 0 Å². The van der Waals surface area contributed by atoms with Crippen LogP contribution in [0.4, 0.5) is 0 Å². The molecule has 7 heteroatoms. The van der Waals surface area contributed by atoms with Crippen molar-refractivity contribution in [2.75, 3.05) is 7.05 Å². The lowest BCUT2D eigenvalue weighted by Crippen LogP contribution is -2.55. The van der Waals surface area contributed by atoms with Crippen molar-refractivity contribution in [2.45, 2.75) is 57.2 Å². The van der Waals surface area contributed by atoms with Gasteiger partial charge in [0, 0.05) is 11.9 Å². The monoisotopic (exact) mass is 408 g/mol. The van der Waals surface area contributed by atoms with Gasteiger partial charge in [0.05, 0.1) is 5.92 Å².